The Labute approximate surface area is 187 Å². The van der Waals surface area contributed by atoms with Crippen LogP contribution in [0.15, 0.2) is 48.5 Å². The molecule has 3 unspecified atom stereocenters. The minimum atomic E-state index is -0.181. The molecule has 164 valence electrons. The topological polar surface area (TPSA) is 92.0 Å². The number of carbonyl (C=O) groups excluding carboxylic acids is 1. The quantitative estimate of drug-likeness (QED) is 0.652. The van der Waals surface area contributed by atoms with Gasteiger partial charge in [0.05, 0.1) is 30.0 Å². The summed E-state index contributed by atoms with van der Waals surface area (Å²) in [6, 6.07) is 18.3. The van der Waals surface area contributed by atoms with Crippen LogP contribution in [0.1, 0.15) is 31.9 Å². The minimum absolute atomic E-state index is 0.00753. The van der Waals surface area contributed by atoms with Crippen molar-refractivity contribution in [1.29, 1.82) is 5.26 Å². The molecule has 1 amide bonds. The van der Waals surface area contributed by atoms with Gasteiger partial charge in [-0.05, 0) is 50.4 Å². The molecule has 32 heavy (non-hydrogen) atoms. The number of hydrogen-bond donors (Lipinski definition) is 2. The number of hydrogen-bond acceptors (Lipinski definition) is 5. The molecular weight excluding hydrogens is 402 g/mol. The molecule has 7 nitrogen and oxygen atoms in total. The predicted molar refractivity (Wildman–Crippen MR) is 123 cm³/mol. The summed E-state index contributed by atoms with van der Waals surface area (Å²) in [6.45, 7) is 2.15. The highest BCUT2D eigenvalue weighted by molar-refractivity contribution is 5.96. The maximum atomic E-state index is 12.7. The molecule has 3 aromatic rings. The van der Waals surface area contributed by atoms with E-state index in [1.165, 1.54) is 0 Å². The Morgan fingerprint density at radius 2 is 2.09 bits per heavy atom. The second-order valence-electron chi connectivity index (χ2n) is 8.62. The average Bonchev–Trinajstić information content (AvgIpc) is 3.25. The summed E-state index contributed by atoms with van der Waals surface area (Å²) in [5.74, 6) is 0.0210. The summed E-state index contributed by atoms with van der Waals surface area (Å²) in [7, 11) is 0. The number of nitriles is 1. The van der Waals surface area contributed by atoms with Gasteiger partial charge >= 0.3 is 0 Å². The summed E-state index contributed by atoms with van der Waals surface area (Å²) in [5.41, 5.74) is 3.60. The van der Waals surface area contributed by atoms with E-state index in [1.807, 2.05) is 47.1 Å². The van der Waals surface area contributed by atoms with E-state index >= 15 is 0 Å². The zero-order valence-electron chi connectivity index (χ0n) is 18.0. The van der Waals surface area contributed by atoms with Crippen molar-refractivity contribution in [3.63, 3.8) is 0 Å². The molecule has 0 aliphatic carbocycles. The first-order chi connectivity index (χ1) is 15.7. The van der Waals surface area contributed by atoms with Crippen molar-refractivity contribution in [2.75, 3.05) is 25.0 Å². The first-order valence-electron chi connectivity index (χ1n) is 11.3. The van der Waals surface area contributed by atoms with E-state index < -0.39 is 0 Å². The van der Waals surface area contributed by atoms with Gasteiger partial charge in [0, 0.05) is 23.2 Å². The monoisotopic (exact) mass is 429 g/mol. The number of ether oxygens (including phenoxy) is 1. The zero-order valence-corrected chi connectivity index (χ0v) is 18.0. The summed E-state index contributed by atoms with van der Waals surface area (Å²) >= 11 is 0. The van der Waals surface area contributed by atoms with Crippen LogP contribution in [0, 0.1) is 23.2 Å². The molecule has 2 aromatic carbocycles. The van der Waals surface area contributed by atoms with Crippen LogP contribution < -0.4 is 10.6 Å². The summed E-state index contributed by atoms with van der Waals surface area (Å²) in [6.07, 6.45) is 3.33. The van der Waals surface area contributed by atoms with E-state index in [1.54, 1.807) is 0 Å². The molecular formula is C25H27N5O2. The van der Waals surface area contributed by atoms with Crippen molar-refractivity contribution in [2.24, 2.45) is 11.8 Å². The molecule has 3 atom stereocenters. The number of benzene rings is 2. The van der Waals surface area contributed by atoms with Crippen LogP contribution in [0.5, 0.6) is 0 Å². The Hall–Kier alpha value is -3.21. The molecule has 3 heterocycles. The first kappa shape index (κ1) is 20.7. The molecule has 1 aromatic heterocycles. The van der Waals surface area contributed by atoms with E-state index in [4.69, 9.17) is 15.1 Å². The average molecular weight is 430 g/mol. The maximum Gasteiger partial charge on any atom is 0.228 e. The third-order valence-corrected chi connectivity index (χ3v) is 6.39. The van der Waals surface area contributed by atoms with Gasteiger partial charge in [0.1, 0.15) is 5.69 Å². The number of anilines is 1. The molecule has 2 aliphatic rings. The van der Waals surface area contributed by atoms with Gasteiger partial charge in [0.25, 0.3) is 0 Å². The lowest BCUT2D eigenvalue weighted by Gasteiger charge is -2.26. The maximum absolute atomic E-state index is 12.7. The highest BCUT2D eigenvalue weighted by Crippen LogP contribution is 2.34. The first-order valence-corrected chi connectivity index (χ1v) is 11.3. The largest absolute Gasteiger partial charge is 0.355 e. The highest BCUT2D eigenvalue weighted by atomic mass is 16.5. The van der Waals surface area contributed by atoms with Crippen LogP contribution >= 0.6 is 0 Å². The number of nitrogens with zero attached hydrogens (tertiary/aromatic N) is 3. The standard InChI is InChI=1S/C25H27N5O2/c26-14-17-10-11-23(32-16-17)30-22-9-2-1-8-21(22)24(29-30)18-5-3-7-20(13-18)28-25(31)19-6-4-12-27-15-19/h1-3,5,7-9,13,17,19,23,27H,4,6,10-12,15-16H2,(H,28,31). The molecule has 0 bridgehead atoms. The summed E-state index contributed by atoms with van der Waals surface area (Å²) in [4.78, 5) is 12.7. The number of amides is 1. The van der Waals surface area contributed by atoms with Crippen molar-refractivity contribution < 1.29 is 9.53 Å². The van der Waals surface area contributed by atoms with E-state index in [2.05, 4.69) is 22.8 Å². The number of para-hydroxylation sites is 1. The van der Waals surface area contributed by atoms with E-state index in [-0.39, 0.29) is 24.0 Å². The Balaban J connectivity index is 1.43. The van der Waals surface area contributed by atoms with Crippen LogP contribution in [-0.2, 0) is 9.53 Å². The van der Waals surface area contributed by atoms with Gasteiger partial charge in [-0.2, -0.15) is 10.4 Å². The van der Waals surface area contributed by atoms with Crippen molar-refractivity contribution in [2.45, 2.75) is 31.9 Å². The SMILES string of the molecule is N#CC1CCC(n2nc(-c3cccc(NC(=O)C4CCCNC4)c3)c3ccccc32)OC1. The molecule has 0 saturated carbocycles. The van der Waals surface area contributed by atoms with E-state index in [0.717, 1.165) is 66.6 Å². The minimum Gasteiger partial charge on any atom is -0.355 e. The molecule has 5 rings (SSSR count). The molecule has 2 aliphatic heterocycles. The lowest BCUT2D eigenvalue weighted by atomic mass is 9.98. The summed E-state index contributed by atoms with van der Waals surface area (Å²) in [5, 5.41) is 21.5. The number of rotatable bonds is 4. The highest BCUT2D eigenvalue weighted by Gasteiger charge is 2.26. The van der Waals surface area contributed by atoms with Crippen LogP contribution in [0.3, 0.4) is 0 Å². The number of fused-ring (bicyclic) bond motifs is 1. The van der Waals surface area contributed by atoms with Crippen LogP contribution in [0.4, 0.5) is 5.69 Å². The van der Waals surface area contributed by atoms with Crippen molar-refractivity contribution in [3.8, 4) is 17.3 Å². The zero-order chi connectivity index (χ0) is 21.9. The molecule has 2 saturated heterocycles. The van der Waals surface area contributed by atoms with Crippen LogP contribution in [-0.4, -0.2) is 35.4 Å². The van der Waals surface area contributed by atoms with Crippen molar-refractivity contribution >= 4 is 22.5 Å². The predicted octanol–water partition coefficient (Wildman–Crippen LogP) is 4.09. The second-order valence-corrected chi connectivity index (χ2v) is 8.62. The van der Waals surface area contributed by atoms with Gasteiger partial charge in [0.2, 0.25) is 5.91 Å². The Morgan fingerprint density at radius 3 is 2.88 bits per heavy atom. The Kier molecular flexibility index (Phi) is 5.89. The third kappa shape index (κ3) is 4.12. The molecule has 2 fully saturated rings. The van der Waals surface area contributed by atoms with Gasteiger partial charge < -0.3 is 15.4 Å². The molecule has 0 spiro atoms. The van der Waals surface area contributed by atoms with Crippen LogP contribution in [0.25, 0.3) is 22.2 Å². The normalized spacial score (nSPS) is 23.5. The van der Waals surface area contributed by atoms with Crippen molar-refractivity contribution in [3.05, 3.63) is 48.5 Å². The Bertz CT molecular complexity index is 1150. The number of aromatic nitrogens is 2. The fraction of sp³-hybridized carbons (Fsp3) is 0.400. The van der Waals surface area contributed by atoms with Gasteiger partial charge in [-0.3, -0.25) is 4.79 Å². The van der Waals surface area contributed by atoms with Gasteiger partial charge in [-0.25, -0.2) is 4.68 Å². The smallest absolute Gasteiger partial charge is 0.228 e. The molecule has 0 radical (unpaired) electrons. The van der Waals surface area contributed by atoms with Crippen molar-refractivity contribution in [1.82, 2.24) is 15.1 Å². The fourth-order valence-electron chi connectivity index (χ4n) is 4.62. The third-order valence-electron chi connectivity index (χ3n) is 6.39. The van der Waals surface area contributed by atoms with Crippen LogP contribution in [0.2, 0.25) is 0 Å². The molecule has 7 heteroatoms. The van der Waals surface area contributed by atoms with Gasteiger partial charge in [0.15, 0.2) is 6.23 Å². The number of nitrogens with one attached hydrogen (secondary N) is 2. The van der Waals surface area contributed by atoms with Gasteiger partial charge in [-0.15, -0.1) is 0 Å². The lowest BCUT2D eigenvalue weighted by molar-refractivity contribution is -0.120. The number of carbonyl (C=O) groups is 1. The molecule has 2 N–H and O–H groups in total. The fourth-order valence-corrected chi connectivity index (χ4v) is 4.62. The second kappa shape index (κ2) is 9.11. The van der Waals surface area contributed by atoms with Gasteiger partial charge in [-0.1, -0.05) is 30.3 Å². The lowest BCUT2D eigenvalue weighted by Crippen LogP contribution is -2.37. The van der Waals surface area contributed by atoms with E-state index in [9.17, 15) is 4.79 Å². The Morgan fingerprint density at radius 1 is 1.19 bits per heavy atom. The number of piperidine rings is 1. The van der Waals surface area contributed by atoms with E-state index in [0.29, 0.717) is 6.61 Å². The summed E-state index contributed by atoms with van der Waals surface area (Å²) < 4.78 is 7.93.